The van der Waals surface area contributed by atoms with Crippen molar-refractivity contribution in [3.05, 3.63) is 0 Å². The minimum absolute atomic E-state index is 0.670. The molecule has 0 aromatic carbocycles. The first kappa shape index (κ1) is 21.0. The standard InChI is InChI=1S/C23H39.3CH3.Sn/c1-5-16(2)19-11-12-20-18-10-9-17-8-6-7-14-22(17,3)21(18)13-15-23(19,20)4;;;;/h10,16-21H,5-9,11-15H2,1-4H3;3*1H3;/t16-,17+,18+,19-,20+,21+,22+,23-;;;;/m1..../s1. The second kappa shape index (κ2) is 7.19. The Bertz CT molecular complexity index is 547. The van der Waals surface area contributed by atoms with E-state index < -0.39 is 18.4 Å². The molecule has 0 amide bonds. The Morgan fingerprint density at radius 3 is 2.26 bits per heavy atom. The second-order valence-corrected chi connectivity index (χ2v) is 28.7. The Labute approximate surface area is 174 Å². The van der Waals surface area contributed by atoms with Crippen molar-refractivity contribution in [2.45, 2.75) is 111 Å². The maximum atomic E-state index is 2.79. The fourth-order valence-electron chi connectivity index (χ4n) is 9.49. The quantitative estimate of drug-likeness (QED) is 0.357. The van der Waals surface area contributed by atoms with Gasteiger partial charge < -0.3 is 0 Å². The van der Waals surface area contributed by atoms with Crippen LogP contribution >= 0.6 is 0 Å². The summed E-state index contributed by atoms with van der Waals surface area (Å²) in [6, 6.07) is 0. The Morgan fingerprint density at radius 2 is 1.59 bits per heavy atom. The van der Waals surface area contributed by atoms with Gasteiger partial charge >= 0.3 is 175 Å². The molecular weight excluding hydrogens is 431 g/mol. The number of hydrogen-bond acceptors (Lipinski definition) is 0. The van der Waals surface area contributed by atoms with Crippen LogP contribution in [-0.4, -0.2) is 18.4 Å². The van der Waals surface area contributed by atoms with Crippen LogP contribution in [0.25, 0.3) is 0 Å². The topological polar surface area (TPSA) is 0 Å². The Balaban J connectivity index is 1.72. The predicted octanol–water partition coefficient (Wildman–Crippen LogP) is 8.40. The van der Waals surface area contributed by atoms with Crippen molar-refractivity contribution in [1.29, 1.82) is 0 Å². The van der Waals surface area contributed by atoms with Crippen molar-refractivity contribution < 1.29 is 0 Å². The van der Waals surface area contributed by atoms with Gasteiger partial charge in [0.05, 0.1) is 0 Å². The third kappa shape index (κ3) is 3.20. The van der Waals surface area contributed by atoms with E-state index in [2.05, 4.69) is 42.5 Å². The summed E-state index contributed by atoms with van der Waals surface area (Å²) in [5.74, 6) is 6.27. The summed E-state index contributed by atoms with van der Waals surface area (Å²) in [5, 5.41) is 0. The van der Waals surface area contributed by atoms with E-state index in [0.717, 1.165) is 35.5 Å². The van der Waals surface area contributed by atoms with Crippen molar-refractivity contribution in [2.24, 2.45) is 46.3 Å². The van der Waals surface area contributed by atoms with E-state index in [-0.39, 0.29) is 0 Å². The Kier molecular flexibility index (Phi) is 5.61. The zero-order valence-electron chi connectivity index (χ0n) is 19.6. The van der Waals surface area contributed by atoms with E-state index in [0.29, 0.717) is 10.8 Å². The SMILES string of the molecule is CC[C@@H](C)[C@H]1CC[C@H]2[C@@H]3[C@H]([Sn]([CH3])([CH3])[CH3])C[C@@H]4CCCC[C@]4(C)[C@H]3CC[C@]12C. The average Bonchev–Trinajstić information content (AvgIpc) is 2.96. The van der Waals surface area contributed by atoms with Gasteiger partial charge in [-0.25, -0.2) is 0 Å². The van der Waals surface area contributed by atoms with Gasteiger partial charge in [-0.05, 0) is 0 Å². The first-order valence-electron chi connectivity index (χ1n) is 12.6. The molecule has 27 heavy (non-hydrogen) atoms. The molecule has 0 radical (unpaired) electrons. The fraction of sp³-hybridized carbons (Fsp3) is 1.00. The van der Waals surface area contributed by atoms with E-state index in [1.807, 2.05) is 0 Å². The van der Waals surface area contributed by atoms with Crippen molar-refractivity contribution in [3.63, 3.8) is 0 Å². The van der Waals surface area contributed by atoms with Crippen LogP contribution in [0, 0.1) is 46.3 Å². The molecule has 0 aromatic rings. The molecule has 0 unspecified atom stereocenters. The van der Waals surface area contributed by atoms with Gasteiger partial charge in [0, 0.05) is 0 Å². The summed E-state index contributed by atoms with van der Waals surface area (Å²) in [6.45, 7) is 10.6. The molecular formula is C26H48Sn. The summed E-state index contributed by atoms with van der Waals surface area (Å²) in [5.41, 5.74) is 1.37. The summed E-state index contributed by atoms with van der Waals surface area (Å²) in [4.78, 5) is 8.36. The van der Waals surface area contributed by atoms with Crippen LogP contribution in [0.4, 0.5) is 0 Å². The van der Waals surface area contributed by atoms with Gasteiger partial charge in [-0.1, -0.05) is 0 Å². The van der Waals surface area contributed by atoms with Crippen molar-refractivity contribution in [1.82, 2.24) is 0 Å². The third-order valence-electron chi connectivity index (χ3n) is 11.2. The number of hydrogen-bond donors (Lipinski definition) is 0. The summed E-state index contributed by atoms with van der Waals surface area (Å²) >= 11 is -1.95. The molecule has 0 aromatic heterocycles. The summed E-state index contributed by atoms with van der Waals surface area (Å²) in [6.07, 6.45) is 15.5. The van der Waals surface area contributed by atoms with Crippen molar-refractivity contribution >= 4 is 18.4 Å². The first-order chi connectivity index (χ1) is 12.6. The van der Waals surface area contributed by atoms with Crippen molar-refractivity contribution in [3.8, 4) is 0 Å². The molecule has 0 heterocycles. The normalized spacial score (nSPS) is 51.2. The Hall–Kier alpha value is 0.799. The van der Waals surface area contributed by atoms with Gasteiger partial charge in [0.15, 0.2) is 0 Å². The minimum atomic E-state index is -1.95. The third-order valence-corrected chi connectivity index (χ3v) is 19.3. The molecule has 0 spiro atoms. The van der Waals surface area contributed by atoms with Crippen LogP contribution in [0.1, 0.15) is 91.9 Å². The van der Waals surface area contributed by atoms with Crippen LogP contribution < -0.4 is 0 Å². The number of fused-ring (bicyclic) bond motifs is 5. The molecule has 4 rings (SSSR count). The van der Waals surface area contributed by atoms with Crippen molar-refractivity contribution in [2.75, 3.05) is 0 Å². The fourth-order valence-corrected chi connectivity index (χ4v) is 16.9. The van der Waals surface area contributed by atoms with Gasteiger partial charge in [-0.15, -0.1) is 0 Å². The zero-order valence-corrected chi connectivity index (χ0v) is 22.5. The molecule has 1 heteroatoms. The van der Waals surface area contributed by atoms with Gasteiger partial charge in [-0.2, -0.15) is 0 Å². The molecule has 0 aliphatic heterocycles. The average molecular weight is 479 g/mol. The van der Waals surface area contributed by atoms with Crippen LogP contribution in [0.5, 0.6) is 0 Å². The van der Waals surface area contributed by atoms with E-state index in [4.69, 9.17) is 0 Å². The molecule has 9 atom stereocenters. The summed E-state index contributed by atoms with van der Waals surface area (Å²) < 4.78 is 1.17. The van der Waals surface area contributed by atoms with Gasteiger partial charge in [0.1, 0.15) is 0 Å². The summed E-state index contributed by atoms with van der Waals surface area (Å²) in [7, 11) is 0. The van der Waals surface area contributed by atoms with Crippen LogP contribution in [0.2, 0.25) is 18.8 Å². The second-order valence-electron chi connectivity index (χ2n) is 13.1. The molecule has 0 bridgehead atoms. The van der Waals surface area contributed by atoms with Gasteiger partial charge in [-0.3, -0.25) is 0 Å². The van der Waals surface area contributed by atoms with Crippen LogP contribution in [0.15, 0.2) is 0 Å². The monoisotopic (exact) mass is 480 g/mol. The molecule has 4 fully saturated rings. The zero-order chi connectivity index (χ0) is 19.6. The van der Waals surface area contributed by atoms with E-state index >= 15 is 0 Å². The maximum absolute atomic E-state index is 2.79. The molecule has 0 nitrogen and oxygen atoms in total. The van der Waals surface area contributed by atoms with Gasteiger partial charge in [0.25, 0.3) is 0 Å². The van der Waals surface area contributed by atoms with Gasteiger partial charge in [0.2, 0.25) is 0 Å². The molecule has 0 saturated heterocycles. The molecule has 156 valence electrons. The van der Waals surface area contributed by atoms with Crippen LogP contribution in [0.3, 0.4) is 0 Å². The molecule has 4 aliphatic rings. The molecule has 4 saturated carbocycles. The van der Waals surface area contributed by atoms with Crippen LogP contribution in [-0.2, 0) is 0 Å². The Morgan fingerprint density at radius 1 is 0.889 bits per heavy atom. The number of rotatable bonds is 3. The predicted molar refractivity (Wildman–Crippen MR) is 122 cm³/mol. The van der Waals surface area contributed by atoms with E-state index in [1.165, 1.54) is 23.2 Å². The van der Waals surface area contributed by atoms with E-state index in [9.17, 15) is 0 Å². The molecule has 0 N–H and O–H groups in total. The molecule has 4 aliphatic carbocycles. The van der Waals surface area contributed by atoms with E-state index in [1.54, 1.807) is 44.9 Å². The first-order valence-corrected chi connectivity index (χ1v) is 22.8.